The van der Waals surface area contributed by atoms with Crippen molar-refractivity contribution in [3.05, 3.63) is 17.5 Å². The zero-order valence-electron chi connectivity index (χ0n) is 10.8. The summed E-state index contributed by atoms with van der Waals surface area (Å²) in [4.78, 5) is 10.7. The Morgan fingerprint density at radius 1 is 1.56 bits per heavy atom. The average molecular weight is 252 g/mol. The molecule has 18 heavy (non-hydrogen) atoms. The maximum absolute atomic E-state index is 10.7. The second kappa shape index (κ2) is 5.52. The van der Waals surface area contributed by atoms with Gasteiger partial charge in [0.2, 0.25) is 0 Å². The van der Waals surface area contributed by atoms with Gasteiger partial charge in [-0.25, -0.2) is 4.79 Å². The monoisotopic (exact) mass is 252 g/mol. The second-order valence-corrected chi connectivity index (χ2v) is 5.24. The van der Waals surface area contributed by atoms with Crippen LogP contribution in [-0.4, -0.2) is 22.3 Å². The predicted octanol–water partition coefficient (Wildman–Crippen LogP) is 2.29. The second-order valence-electron chi connectivity index (χ2n) is 5.24. The molecule has 0 saturated heterocycles. The van der Waals surface area contributed by atoms with Gasteiger partial charge in [0.25, 0.3) is 0 Å². The summed E-state index contributed by atoms with van der Waals surface area (Å²) in [5, 5.41) is 15.7. The van der Waals surface area contributed by atoms with Gasteiger partial charge in [0, 0.05) is 12.1 Å². The Labute approximate surface area is 107 Å². The molecule has 0 bridgehead atoms. The van der Waals surface area contributed by atoms with E-state index in [2.05, 4.69) is 24.3 Å². The van der Waals surface area contributed by atoms with Crippen LogP contribution in [0.4, 0.5) is 0 Å². The Morgan fingerprint density at radius 3 is 3.00 bits per heavy atom. The Morgan fingerprint density at radius 2 is 2.33 bits per heavy atom. The van der Waals surface area contributed by atoms with Crippen LogP contribution in [0.1, 0.15) is 49.4 Å². The van der Waals surface area contributed by atoms with E-state index in [1.54, 1.807) is 0 Å². The molecule has 100 valence electrons. The largest absolute Gasteiger partial charge is 0.476 e. The predicted molar refractivity (Wildman–Crippen MR) is 66.3 cm³/mol. The van der Waals surface area contributed by atoms with Crippen molar-refractivity contribution in [3.63, 3.8) is 0 Å². The molecule has 0 aliphatic heterocycles. The lowest BCUT2D eigenvalue weighted by atomic mass is 9.78. The van der Waals surface area contributed by atoms with Gasteiger partial charge in [-0.15, -0.1) is 0 Å². The fourth-order valence-electron chi connectivity index (χ4n) is 2.60. The summed E-state index contributed by atoms with van der Waals surface area (Å²) in [7, 11) is 0. The van der Waals surface area contributed by atoms with Gasteiger partial charge >= 0.3 is 5.97 Å². The molecule has 3 unspecified atom stereocenters. The lowest BCUT2D eigenvalue weighted by Gasteiger charge is -2.34. The first-order valence-electron chi connectivity index (χ1n) is 6.50. The Kier molecular flexibility index (Phi) is 4.01. The summed E-state index contributed by atoms with van der Waals surface area (Å²) in [5.74, 6) is 0.906. The zero-order valence-corrected chi connectivity index (χ0v) is 10.8. The van der Waals surface area contributed by atoms with E-state index in [-0.39, 0.29) is 5.69 Å². The van der Waals surface area contributed by atoms with E-state index in [9.17, 15) is 4.79 Å². The highest BCUT2D eigenvalue weighted by Gasteiger charge is 2.26. The topological polar surface area (TPSA) is 75.4 Å². The van der Waals surface area contributed by atoms with Crippen LogP contribution in [0.2, 0.25) is 0 Å². The Bertz CT molecular complexity index is 416. The number of carboxylic acids is 1. The number of carboxylic acid groups (broad SMARTS) is 1. The first-order chi connectivity index (χ1) is 8.58. The summed E-state index contributed by atoms with van der Waals surface area (Å²) in [6, 6.07) is 1.96. The minimum atomic E-state index is -1.05. The molecule has 0 radical (unpaired) electrons. The van der Waals surface area contributed by atoms with Gasteiger partial charge in [0.05, 0.1) is 6.54 Å². The minimum Gasteiger partial charge on any atom is -0.476 e. The third-order valence-electron chi connectivity index (χ3n) is 4.02. The number of carbonyl (C=O) groups is 1. The van der Waals surface area contributed by atoms with Crippen LogP contribution in [0.5, 0.6) is 0 Å². The lowest BCUT2D eigenvalue weighted by molar-refractivity contribution is 0.0685. The zero-order chi connectivity index (χ0) is 13.1. The van der Waals surface area contributed by atoms with Crippen LogP contribution < -0.4 is 5.32 Å². The van der Waals surface area contributed by atoms with Crippen molar-refractivity contribution in [1.29, 1.82) is 0 Å². The Balaban J connectivity index is 1.88. The van der Waals surface area contributed by atoms with Crippen molar-refractivity contribution in [3.8, 4) is 0 Å². The van der Waals surface area contributed by atoms with Crippen molar-refractivity contribution in [2.45, 2.75) is 45.7 Å². The van der Waals surface area contributed by atoms with Crippen LogP contribution in [0, 0.1) is 11.8 Å². The summed E-state index contributed by atoms with van der Waals surface area (Å²) in [6.45, 7) is 5.10. The van der Waals surface area contributed by atoms with Gasteiger partial charge in [-0.3, -0.25) is 0 Å². The van der Waals surface area contributed by atoms with E-state index in [4.69, 9.17) is 9.63 Å². The molecule has 5 heteroatoms. The van der Waals surface area contributed by atoms with Crippen LogP contribution in [-0.2, 0) is 6.54 Å². The summed E-state index contributed by atoms with van der Waals surface area (Å²) < 4.78 is 4.99. The number of nitrogens with one attached hydrogen (secondary N) is 1. The molecule has 1 aliphatic rings. The van der Waals surface area contributed by atoms with Crippen LogP contribution in [0.15, 0.2) is 10.6 Å². The first-order valence-corrected chi connectivity index (χ1v) is 6.50. The summed E-state index contributed by atoms with van der Waals surface area (Å²) >= 11 is 0. The van der Waals surface area contributed by atoms with E-state index < -0.39 is 5.97 Å². The first kappa shape index (κ1) is 13.1. The number of hydrogen-bond acceptors (Lipinski definition) is 4. The number of rotatable bonds is 4. The fourth-order valence-corrected chi connectivity index (χ4v) is 2.60. The van der Waals surface area contributed by atoms with Crippen LogP contribution >= 0.6 is 0 Å². The van der Waals surface area contributed by atoms with Crippen molar-refractivity contribution in [1.82, 2.24) is 10.5 Å². The van der Waals surface area contributed by atoms with E-state index >= 15 is 0 Å². The van der Waals surface area contributed by atoms with Crippen molar-refractivity contribution < 1.29 is 14.4 Å². The van der Waals surface area contributed by atoms with Gasteiger partial charge in [0.15, 0.2) is 11.5 Å². The van der Waals surface area contributed by atoms with E-state index in [0.29, 0.717) is 24.3 Å². The molecule has 1 aliphatic carbocycles. The quantitative estimate of drug-likeness (QED) is 0.859. The van der Waals surface area contributed by atoms with E-state index in [0.717, 1.165) is 5.92 Å². The number of hydrogen-bond donors (Lipinski definition) is 2. The van der Waals surface area contributed by atoms with E-state index in [1.165, 1.54) is 25.3 Å². The molecule has 5 nitrogen and oxygen atoms in total. The van der Waals surface area contributed by atoms with Gasteiger partial charge in [-0.2, -0.15) is 0 Å². The molecular weight excluding hydrogens is 232 g/mol. The molecule has 0 spiro atoms. The number of aromatic carboxylic acids is 1. The molecule has 2 N–H and O–H groups in total. The number of aromatic nitrogens is 1. The SMILES string of the molecule is CC1CCCC(NCc2cc(C(=O)O)no2)C1C. The molecule has 1 fully saturated rings. The maximum atomic E-state index is 10.7. The normalized spacial score (nSPS) is 28.2. The van der Waals surface area contributed by atoms with Gasteiger partial charge in [0.1, 0.15) is 0 Å². The number of nitrogens with zero attached hydrogens (tertiary/aromatic N) is 1. The molecule has 1 aromatic heterocycles. The Hall–Kier alpha value is -1.36. The van der Waals surface area contributed by atoms with Gasteiger partial charge < -0.3 is 14.9 Å². The van der Waals surface area contributed by atoms with Crippen molar-refractivity contribution in [2.24, 2.45) is 11.8 Å². The molecule has 0 amide bonds. The maximum Gasteiger partial charge on any atom is 0.358 e. The molecule has 1 saturated carbocycles. The van der Waals surface area contributed by atoms with Crippen LogP contribution in [0.25, 0.3) is 0 Å². The summed E-state index contributed by atoms with van der Waals surface area (Å²) in [5.41, 5.74) is -0.0307. The molecule has 3 atom stereocenters. The molecule has 0 aromatic carbocycles. The highest BCUT2D eigenvalue weighted by molar-refractivity contribution is 5.85. The molecular formula is C13H20N2O3. The molecule has 1 heterocycles. The highest BCUT2D eigenvalue weighted by Crippen LogP contribution is 2.29. The third-order valence-corrected chi connectivity index (χ3v) is 4.02. The average Bonchev–Trinajstić information content (AvgIpc) is 2.80. The van der Waals surface area contributed by atoms with Crippen molar-refractivity contribution in [2.75, 3.05) is 0 Å². The lowest BCUT2D eigenvalue weighted by Crippen LogP contribution is -2.40. The highest BCUT2D eigenvalue weighted by atomic mass is 16.5. The smallest absolute Gasteiger partial charge is 0.358 e. The van der Waals surface area contributed by atoms with Crippen molar-refractivity contribution >= 4 is 5.97 Å². The standard InChI is InChI=1S/C13H20N2O3/c1-8-4-3-5-11(9(8)2)14-7-10-6-12(13(16)17)15-18-10/h6,8-9,11,14H,3-5,7H2,1-2H3,(H,16,17). The van der Waals surface area contributed by atoms with Gasteiger partial charge in [-0.1, -0.05) is 31.8 Å². The molecule has 1 aromatic rings. The van der Waals surface area contributed by atoms with E-state index in [1.807, 2.05) is 0 Å². The summed E-state index contributed by atoms with van der Waals surface area (Å²) in [6.07, 6.45) is 3.72. The third kappa shape index (κ3) is 2.90. The van der Waals surface area contributed by atoms with Gasteiger partial charge in [-0.05, 0) is 18.3 Å². The van der Waals surface area contributed by atoms with Crippen LogP contribution in [0.3, 0.4) is 0 Å². The molecule has 2 rings (SSSR count). The fraction of sp³-hybridized carbons (Fsp3) is 0.692. The minimum absolute atomic E-state index is 0.0307.